The van der Waals surface area contributed by atoms with Crippen LogP contribution >= 0.6 is 27.5 Å². The van der Waals surface area contributed by atoms with E-state index < -0.39 is 0 Å². The van der Waals surface area contributed by atoms with E-state index >= 15 is 0 Å². The second-order valence-corrected chi connectivity index (χ2v) is 5.17. The number of ether oxygens (including phenoxy) is 1. The quantitative estimate of drug-likeness (QED) is 0.904. The van der Waals surface area contributed by atoms with Crippen molar-refractivity contribution in [1.29, 1.82) is 0 Å². The van der Waals surface area contributed by atoms with Gasteiger partial charge in [0.25, 0.3) is 5.91 Å². The van der Waals surface area contributed by atoms with E-state index in [1.54, 1.807) is 25.3 Å². The van der Waals surface area contributed by atoms with Gasteiger partial charge < -0.3 is 10.1 Å². The Morgan fingerprint density at radius 2 is 2.24 bits per heavy atom. The van der Waals surface area contributed by atoms with Crippen LogP contribution in [-0.4, -0.2) is 25.7 Å². The van der Waals surface area contributed by atoms with E-state index in [1.165, 1.54) is 0 Å². The minimum Gasteiger partial charge on any atom is -0.385 e. The Kier molecular flexibility index (Phi) is 5.95. The molecular formula is C12H15BrClNO2. The van der Waals surface area contributed by atoms with Crippen LogP contribution in [0, 0.1) is 0 Å². The monoisotopic (exact) mass is 319 g/mol. The van der Waals surface area contributed by atoms with Crippen LogP contribution in [0.1, 0.15) is 23.7 Å². The van der Waals surface area contributed by atoms with Crippen LogP contribution in [0.3, 0.4) is 0 Å². The molecule has 1 aromatic rings. The lowest BCUT2D eigenvalue weighted by Crippen LogP contribution is -2.33. The molecule has 94 valence electrons. The second-order valence-electron chi connectivity index (χ2n) is 3.81. The van der Waals surface area contributed by atoms with Crippen LogP contribution in [0.25, 0.3) is 0 Å². The van der Waals surface area contributed by atoms with Crippen molar-refractivity contribution in [1.82, 2.24) is 5.32 Å². The fourth-order valence-electron chi connectivity index (χ4n) is 1.36. The molecule has 5 heteroatoms. The first-order chi connectivity index (χ1) is 8.02. The predicted octanol–water partition coefficient (Wildman–Crippen LogP) is 3.26. The molecule has 17 heavy (non-hydrogen) atoms. The van der Waals surface area contributed by atoms with Gasteiger partial charge in [0.15, 0.2) is 0 Å². The van der Waals surface area contributed by atoms with Crippen molar-refractivity contribution in [3.05, 3.63) is 33.3 Å². The highest BCUT2D eigenvalue weighted by Crippen LogP contribution is 2.19. The van der Waals surface area contributed by atoms with Crippen molar-refractivity contribution >= 4 is 33.4 Å². The maximum absolute atomic E-state index is 11.9. The number of amides is 1. The number of halogens is 2. The van der Waals surface area contributed by atoms with Crippen LogP contribution < -0.4 is 5.32 Å². The standard InChI is InChI=1S/C12H15BrClNO2/c1-8(3-4-17-2)15-12(16)9-5-10(13)7-11(14)6-9/h5-8H,3-4H2,1-2H3,(H,15,16). The molecular weight excluding hydrogens is 305 g/mol. The largest absolute Gasteiger partial charge is 0.385 e. The summed E-state index contributed by atoms with van der Waals surface area (Å²) in [6.45, 7) is 2.57. The molecule has 1 rings (SSSR count). The molecule has 0 saturated heterocycles. The van der Waals surface area contributed by atoms with Crippen molar-refractivity contribution in [3.63, 3.8) is 0 Å². The molecule has 0 saturated carbocycles. The molecule has 1 N–H and O–H groups in total. The van der Waals surface area contributed by atoms with Gasteiger partial charge >= 0.3 is 0 Å². The van der Waals surface area contributed by atoms with Gasteiger partial charge in [-0.1, -0.05) is 27.5 Å². The van der Waals surface area contributed by atoms with Crippen LogP contribution in [-0.2, 0) is 4.74 Å². The van der Waals surface area contributed by atoms with Gasteiger partial charge in [-0.05, 0) is 31.5 Å². The topological polar surface area (TPSA) is 38.3 Å². The van der Waals surface area contributed by atoms with Crippen molar-refractivity contribution in [2.45, 2.75) is 19.4 Å². The zero-order chi connectivity index (χ0) is 12.8. The van der Waals surface area contributed by atoms with E-state index in [-0.39, 0.29) is 11.9 Å². The molecule has 0 fully saturated rings. The highest BCUT2D eigenvalue weighted by Gasteiger charge is 2.10. The van der Waals surface area contributed by atoms with Crippen molar-refractivity contribution < 1.29 is 9.53 Å². The Morgan fingerprint density at radius 3 is 2.82 bits per heavy atom. The van der Waals surface area contributed by atoms with Gasteiger partial charge in [-0.25, -0.2) is 0 Å². The molecule has 1 unspecified atom stereocenters. The average Bonchev–Trinajstić information content (AvgIpc) is 2.25. The third kappa shape index (κ3) is 5.06. The molecule has 0 aliphatic heterocycles. The first kappa shape index (κ1) is 14.5. The fourth-order valence-corrected chi connectivity index (χ4v) is 2.22. The number of nitrogens with one attached hydrogen (secondary N) is 1. The van der Waals surface area contributed by atoms with Crippen LogP contribution in [0.4, 0.5) is 0 Å². The summed E-state index contributed by atoms with van der Waals surface area (Å²) in [5, 5.41) is 3.42. The normalized spacial score (nSPS) is 12.2. The van der Waals surface area contributed by atoms with E-state index in [0.717, 1.165) is 10.9 Å². The number of rotatable bonds is 5. The zero-order valence-electron chi connectivity index (χ0n) is 9.80. The minimum atomic E-state index is -0.128. The van der Waals surface area contributed by atoms with Gasteiger partial charge in [0.05, 0.1) is 0 Å². The second kappa shape index (κ2) is 6.99. The molecule has 0 aliphatic carbocycles. The average molecular weight is 321 g/mol. The Bertz CT molecular complexity index is 378. The number of carbonyl (C=O) groups is 1. The number of benzene rings is 1. The summed E-state index contributed by atoms with van der Waals surface area (Å²) >= 11 is 9.19. The minimum absolute atomic E-state index is 0.0696. The molecule has 1 aromatic carbocycles. The smallest absolute Gasteiger partial charge is 0.251 e. The first-order valence-corrected chi connectivity index (χ1v) is 6.46. The van der Waals surface area contributed by atoms with Gasteiger partial charge in [0, 0.05) is 34.8 Å². The maximum Gasteiger partial charge on any atom is 0.251 e. The van der Waals surface area contributed by atoms with Crippen molar-refractivity contribution in [3.8, 4) is 0 Å². The lowest BCUT2D eigenvalue weighted by Gasteiger charge is -2.13. The Hall–Kier alpha value is -0.580. The highest BCUT2D eigenvalue weighted by molar-refractivity contribution is 9.10. The van der Waals surface area contributed by atoms with E-state index in [4.69, 9.17) is 16.3 Å². The Balaban J connectivity index is 2.63. The van der Waals surface area contributed by atoms with Crippen molar-refractivity contribution in [2.75, 3.05) is 13.7 Å². The van der Waals surface area contributed by atoms with Gasteiger partial charge in [0.1, 0.15) is 0 Å². The summed E-state index contributed by atoms with van der Waals surface area (Å²) < 4.78 is 5.75. The maximum atomic E-state index is 11.9. The summed E-state index contributed by atoms with van der Waals surface area (Å²) in [5.41, 5.74) is 0.550. The van der Waals surface area contributed by atoms with Crippen molar-refractivity contribution in [2.24, 2.45) is 0 Å². The third-order valence-electron chi connectivity index (χ3n) is 2.26. The molecule has 3 nitrogen and oxygen atoms in total. The predicted molar refractivity (Wildman–Crippen MR) is 72.6 cm³/mol. The van der Waals surface area contributed by atoms with E-state index in [0.29, 0.717) is 17.2 Å². The molecule has 0 radical (unpaired) electrons. The Morgan fingerprint density at radius 1 is 1.53 bits per heavy atom. The molecule has 0 spiro atoms. The number of hydrogen-bond donors (Lipinski definition) is 1. The van der Waals surface area contributed by atoms with Gasteiger partial charge in [-0.2, -0.15) is 0 Å². The molecule has 0 heterocycles. The van der Waals surface area contributed by atoms with E-state index in [9.17, 15) is 4.79 Å². The summed E-state index contributed by atoms with van der Waals surface area (Å²) in [6, 6.07) is 5.20. The van der Waals surface area contributed by atoms with Gasteiger partial charge in [0.2, 0.25) is 0 Å². The molecule has 1 atom stereocenters. The molecule has 0 bridgehead atoms. The Labute approximate surface area is 115 Å². The zero-order valence-corrected chi connectivity index (χ0v) is 12.1. The SMILES string of the molecule is COCCC(C)NC(=O)c1cc(Cl)cc(Br)c1. The highest BCUT2D eigenvalue weighted by atomic mass is 79.9. The lowest BCUT2D eigenvalue weighted by molar-refractivity contribution is 0.0929. The summed E-state index contributed by atoms with van der Waals surface area (Å²) in [6.07, 6.45) is 0.782. The van der Waals surface area contributed by atoms with E-state index in [2.05, 4.69) is 21.2 Å². The molecule has 1 amide bonds. The van der Waals surface area contributed by atoms with Gasteiger partial charge in [-0.15, -0.1) is 0 Å². The summed E-state index contributed by atoms with van der Waals surface area (Å²) in [4.78, 5) is 11.9. The first-order valence-electron chi connectivity index (χ1n) is 5.29. The van der Waals surface area contributed by atoms with Gasteiger partial charge in [-0.3, -0.25) is 4.79 Å². The van der Waals surface area contributed by atoms with Crippen LogP contribution in [0.2, 0.25) is 5.02 Å². The van der Waals surface area contributed by atoms with Crippen LogP contribution in [0.5, 0.6) is 0 Å². The fraction of sp³-hybridized carbons (Fsp3) is 0.417. The summed E-state index contributed by atoms with van der Waals surface area (Å²) in [7, 11) is 1.64. The van der Waals surface area contributed by atoms with Crippen LogP contribution in [0.15, 0.2) is 22.7 Å². The summed E-state index contributed by atoms with van der Waals surface area (Å²) in [5.74, 6) is -0.128. The number of carbonyl (C=O) groups excluding carboxylic acids is 1. The number of methoxy groups -OCH3 is 1. The third-order valence-corrected chi connectivity index (χ3v) is 2.93. The molecule has 0 aliphatic rings. The van der Waals surface area contributed by atoms with E-state index in [1.807, 2.05) is 6.92 Å². The lowest BCUT2D eigenvalue weighted by atomic mass is 10.2. The number of hydrogen-bond acceptors (Lipinski definition) is 2. The molecule has 0 aromatic heterocycles.